The van der Waals surface area contributed by atoms with Gasteiger partial charge in [-0.3, -0.25) is 4.99 Å². The second-order valence-electron chi connectivity index (χ2n) is 8.22. The highest BCUT2D eigenvalue weighted by Crippen LogP contribution is 2.54. The lowest BCUT2D eigenvalue weighted by Crippen LogP contribution is -2.65. The maximum Gasteiger partial charge on any atom is 0.192 e. The third-order valence-electron chi connectivity index (χ3n) is 6.61. The largest absolute Gasteiger partial charge is 0.378 e. The van der Waals surface area contributed by atoms with Crippen molar-refractivity contribution in [3.05, 3.63) is 11.6 Å². The van der Waals surface area contributed by atoms with Crippen LogP contribution in [-0.4, -0.2) is 46.0 Å². The molecule has 27 heavy (non-hydrogen) atoms. The molecular weight excluding hydrogens is 340 g/mol. The van der Waals surface area contributed by atoms with Gasteiger partial charge in [0.15, 0.2) is 5.96 Å². The number of nitrogens with one attached hydrogen (secondary N) is 2. The lowest BCUT2D eigenvalue weighted by Gasteiger charge is -2.54. The molecule has 2 N–H and O–H groups in total. The summed E-state index contributed by atoms with van der Waals surface area (Å²) < 4.78 is 8.11. The average molecular weight is 375 g/mol. The SMILES string of the molecule is CCN=C(NC1CCCn2nc(C)nc21)NC1CC(OCC)C12CCCC2. The molecule has 0 bridgehead atoms. The van der Waals surface area contributed by atoms with Crippen LogP contribution in [0.25, 0.3) is 0 Å². The Balaban J connectivity index is 1.46. The van der Waals surface area contributed by atoms with E-state index in [-0.39, 0.29) is 6.04 Å². The average Bonchev–Trinajstić information content (AvgIpc) is 3.29. The standard InChI is InChI=1S/C20H34N6O/c1-4-21-19(23-15-9-8-12-26-18(15)22-14(3)25-26)24-16-13-17(27-5-2)20(16)10-6-7-11-20/h15-17H,4-13H2,1-3H3,(H2,21,23,24). The highest BCUT2D eigenvalue weighted by atomic mass is 16.5. The van der Waals surface area contributed by atoms with Crippen LogP contribution < -0.4 is 10.6 Å². The number of guanidine groups is 1. The molecule has 3 aliphatic rings. The number of hydrogen-bond acceptors (Lipinski definition) is 4. The Morgan fingerprint density at radius 3 is 2.81 bits per heavy atom. The fourth-order valence-electron chi connectivity index (χ4n) is 5.32. The fourth-order valence-corrected chi connectivity index (χ4v) is 5.32. The number of nitrogens with zero attached hydrogens (tertiary/aromatic N) is 4. The Hall–Kier alpha value is -1.63. The summed E-state index contributed by atoms with van der Waals surface area (Å²) in [6.07, 6.45) is 8.86. The van der Waals surface area contributed by atoms with Crippen LogP contribution in [0, 0.1) is 12.3 Å². The van der Waals surface area contributed by atoms with E-state index < -0.39 is 0 Å². The molecule has 2 heterocycles. The molecule has 2 saturated carbocycles. The van der Waals surface area contributed by atoms with Crippen LogP contribution in [0.15, 0.2) is 4.99 Å². The Morgan fingerprint density at radius 2 is 2.07 bits per heavy atom. The first-order chi connectivity index (χ1) is 13.2. The van der Waals surface area contributed by atoms with Gasteiger partial charge in [0, 0.05) is 31.2 Å². The minimum atomic E-state index is 0.181. The van der Waals surface area contributed by atoms with E-state index in [9.17, 15) is 0 Å². The minimum Gasteiger partial charge on any atom is -0.378 e. The molecule has 4 rings (SSSR count). The van der Waals surface area contributed by atoms with Crippen molar-refractivity contribution in [1.82, 2.24) is 25.4 Å². The van der Waals surface area contributed by atoms with Gasteiger partial charge in [-0.15, -0.1) is 0 Å². The van der Waals surface area contributed by atoms with E-state index in [2.05, 4.69) is 34.6 Å². The number of hydrogen-bond donors (Lipinski definition) is 2. The molecule has 7 nitrogen and oxygen atoms in total. The van der Waals surface area contributed by atoms with Gasteiger partial charge >= 0.3 is 0 Å². The topological polar surface area (TPSA) is 76.4 Å². The van der Waals surface area contributed by atoms with E-state index in [4.69, 9.17) is 9.73 Å². The molecule has 150 valence electrons. The van der Waals surface area contributed by atoms with E-state index in [0.29, 0.717) is 17.6 Å². The molecule has 3 atom stereocenters. The summed E-state index contributed by atoms with van der Waals surface area (Å²) in [6, 6.07) is 0.637. The van der Waals surface area contributed by atoms with Crippen LogP contribution >= 0.6 is 0 Å². The fraction of sp³-hybridized carbons (Fsp3) is 0.850. The number of fused-ring (bicyclic) bond motifs is 1. The summed E-state index contributed by atoms with van der Waals surface area (Å²) in [4.78, 5) is 9.39. The van der Waals surface area contributed by atoms with Crippen LogP contribution in [0.5, 0.6) is 0 Å². The lowest BCUT2D eigenvalue weighted by atomic mass is 9.60. The first-order valence-electron chi connectivity index (χ1n) is 10.8. The van der Waals surface area contributed by atoms with Crippen LogP contribution in [0.3, 0.4) is 0 Å². The molecular formula is C20H34N6O. The zero-order chi connectivity index (χ0) is 18.9. The zero-order valence-corrected chi connectivity index (χ0v) is 17.0. The van der Waals surface area contributed by atoms with Gasteiger partial charge in [-0.1, -0.05) is 12.8 Å². The molecule has 0 radical (unpaired) electrons. The van der Waals surface area contributed by atoms with Crippen molar-refractivity contribution in [2.75, 3.05) is 13.2 Å². The van der Waals surface area contributed by atoms with E-state index in [0.717, 1.165) is 56.6 Å². The van der Waals surface area contributed by atoms with Crippen LogP contribution in [0.1, 0.15) is 76.5 Å². The summed E-state index contributed by atoms with van der Waals surface area (Å²) in [5.41, 5.74) is 0.301. The molecule has 1 aromatic rings. The summed E-state index contributed by atoms with van der Waals surface area (Å²) in [5.74, 6) is 2.81. The van der Waals surface area contributed by atoms with Crippen molar-refractivity contribution in [3.8, 4) is 0 Å². The smallest absolute Gasteiger partial charge is 0.192 e. The van der Waals surface area contributed by atoms with Gasteiger partial charge in [-0.2, -0.15) is 5.10 Å². The second-order valence-corrected chi connectivity index (χ2v) is 8.22. The van der Waals surface area contributed by atoms with Crippen LogP contribution in [0.4, 0.5) is 0 Å². The maximum atomic E-state index is 6.06. The number of aryl methyl sites for hydroxylation is 2. The van der Waals surface area contributed by atoms with Gasteiger partial charge in [0.25, 0.3) is 0 Å². The first kappa shape index (κ1) is 18.7. The molecule has 3 unspecified atom stereocenters. The molecule has 1 aromatic heterocycles. The van der Waals surface area contributed by atoms with E-state index in [1.54, 1.807) is 0 Å². The predicted octanol–water partition coefficient (Wildman–Crippen LogP) is 2.71. The van der Waals surface area contributed by atoms with Gasteiger partial charge in [-0.05, 0) is 52.9 Å². The Bertz CT molecular complexity index is 678. The monoisotopic (exact) mass is 374 g/mol. The first-order valence-corrected chi connectivity index (χ1v) is 10.8. The number of ether oxygens (including phenoxy) is 1. The Labute approximate surface area is 162 Å². The van der Waals surface area contributed by atoms with Crippen molar-refractivity contribution in [2.45, 2.75) is 90.4 Å². The predicted molar refractivity (Wildman–Crippen MR) is 106 cm³/mol. The molecule has 1 spiro atoms. The van der Waals surface area contributed by atoms with E-state index >= 15 is 0 Å². The van der Waals surface area contributed by atoms with Crippen molar-refractivity contribution >= 4 is 5.96 Å². The van der Waals surface area contributed by atoms with Gasteiger partial charge < -0.3 is 15.4 Å². The summed E-state index contributed by atoms with van der Waals surface area (Å²) in [7, 11) is 0. The highest BCUT2D eigenvalue weighted by molar-refractivity contribution is 5.80. The normalized spacial score (nSPS) is 29.4. The summed E-state index contributed by atoms with van der Waals surface area (Å²) in [6.45, 7) is 8.70. The zero-order valence-electron chi connectivity index (χ0n) is 17.0. The molecule has 1 aliphatic heterocycles. The third-order valence-corrected chi connectivity index (χ3v) is 6.61. The quantitative estimate of drug-likeness (QED) is 0.612. The molecule has 0 amide bonds. The van der Waals surface area contributed by atoms with Gasteiger partial charge in [0.2, 0.25) is 0 Å². The van der Waals surface area contributed by atoms with Gasteiger partial charge in [0.05, 0.1) is 12.1 Å². The Kier molecular flexibility index (Phi) is 5.39. The molecule has 2 aliphatic carbocycles. The number of aromatic nitrogens is 3. The van der Waals surface area contributed by atoms with Crippen molar-refractivity contribution in [3.63, 3.8) is 0 Å². The van der Waals surface area contributed by atoms with E-state index in [1.165, 1.54) is 25.7 Å². The van der Waals surface area contributed by atoms with E-state index in [1.807, 2.05) is 11.6 Å². The molecule has 0 saturated heterocycles. The van der Waals surface area contributed by atoms with Crippen molar-refractivity contribution in [2.24, 2.45) is 10.4 Å². The number of aliphatic imine (C=N–C) groups is 1. The molecule has 7 heteroatoms. The molecule has 2 fully saturated rings. The summed E-state index contributed by atoms with van der Waals surface area (Å²) >= 11 is 0. The van der Waals surface area contributed by atoms with Crippen LogP contribution in [0.2, 0.25) is 0 Å². The maximum absolute atomic E-state index is 6.06. The van der Waals surface area contributed by atoms with Crippen LogP contribution in [-0.2, 0) is 11.3 Å². The Morgan fingerprint density at radius 1 is 1.26 bits per heavy atom. The third kappa shape index (κ3) is 3.46. The van der Waals surface area contributed by atoms with Crippen molar-refractivity contribution in [1.29, 1.82) is 0 Å². The molecule has 0 aromatic carbocycles. The second kappa shape index (κ2) is 7.78. The summed E-state index contributed by atoms with van der Waals surface area (Å²) in [5, 5.41) is 11.9. The van der Waals surface area contributed by atoms with Crippen molar-refractivity contribution < 1.29 is 4.74 Å². The van der Waals surface area contributed by atoms with Gasteiger partial charge in [0.1, 0.15) is 11.6 Å². The lowest BCUT2D eigenvalue weighted by molar-refractivity contribution is -0.125. The van der Waals surface area contributed by atoms with Gasteiger partial charge in [-0.25, -0.2) is 9.67 Å². The number of rotatable bonds is 5. The highest BCUT2D eigenvalue weighted by Gasteiger charge is 2.57. The minimum absolute atomic E-state index is 0.181.